The molecule has 0 radical (unpaired) electrons. The molecule has 8 heteroatoms. The van der Waals surface area contributed by atoms with Gasteiger partial charge in [0.25, 0.3) is 0 Å². The third-order valence-corrected chi connectivity index (χ3v) is 5.26. The molecule has 1 amide bonds. The number of thioether (sulfide) groups is 1. The first-order chi connectivity index (χ1) is 11.0. The number of ether oxygens (including phenoxy) is 2. The number of methoxy groups -OCH3 is 2. The highest BCUT2D eigenvalue weighted by atomic mass is 35.5. The van der Waals surface area contributed by atoms with Crippen LogP contribution in [0.15, 0.2) is 12.1 Å². The second kappa shape index (κ2) is 8.61. The third-order valence-electron chi connectivity index (χ3n) is 3.44. The summed E-state index contributed by atoms with van der Waals surface area (Å²) in [6.07, 6.45) is 2.32. The number of amides is 1. The molecule has 1 aromatic carbocycles. The molecule has 0 bridgehead atoms. The Hall–Kier alpha value is -1.18. The number of rotatable bonds is 5. The minimum Gasteiger partial charge on any atom is -0.495 e. The van der Waals surface area contributed by atoms with Crippen LogP contribution < -0.4 is 14.8 Å². The molecule has 0 spiro atoms. The first kappa shape index (κ1) is 18.2. The maximum Gasteiger partial charge on any atom is 0.234 e. The molecule has 1 aliphatic heterocycles. The number of thiocarbonyl (C=S) groups is 1. The van der Waals surface area contributed by atoms with E-state index in [-0.39, 0.29) is 11.7 Å². The predicted octanol–water partition coefficient (Wildman–Crippen LogP) is 3.41. The average Bonchev–Trinajstić information content (AvgIpc) is 3.07. The lowest BCUT2D eigenvalue weighted by Gasteiger charge is -2.17. The highest BCUT2D eigenvalue weighted by molar-refractivity contribution is 8.23. The molecule has 0 saturated carbocycles. The maximum atomic E-state index is 12.1. The molecule has 0 aromatic heterocycles. The van der Waals surface area contributed by atoms with Crippen LogP contribution in [0.5, 0.6) is 11.5 Å². The van der Waals surface area contributed by atoms with Crippen molar-refractivity contribution in [2.24, 2.45) is 0 Å². The summed E-state index contributed by atoms with van der Waals surface area (Å²) in [6, 6.07) is 3.25. The van der Waals surface area contributed by atoms with Crippen LogP contribution >= 0.6 is 35.6 Å². The quantitative estimate of drug-likeness (QED) is 0.797. The summed E-state index contributed by atoms with van der Waals surface area (Å²) < 4.78 is 11.2. The fourth-order valence-electron chi connectivity index (χ4n) is 2.26. The summed E-state index contributed by atoms with van der Waals surface area (Å²) in [5.74, 6) is 1.08. The number of carbonyl (C=O) groups is 1. The molecule has 1 heterocycles. The van der Waals surface area contributed by atoms with E-state index in [0.29, 0.717) is 22.2 Å². The van der Waals surface area contributed by atoms with Gasteiger partial charge >= 0.3 is 0 Å². The van der Waals surface area contributed by atoms with Crippen molar-refractivity contribution in [3.05, 3.63) is 17.2 Å². The number of nitrogens with one attached hydrogen (secondary N) is 1. The van der Waals surface area contributed by atoms with Gasteiger partial charge < -0.3 is 19.7 Å². The minimum atomic E-state index is -0.156. The molecule has 1 N–H and O–H groups in total. The Kier molecular flexibility index (Phi) is 6.80. The van der Waals surface area contributed by atoms with E-state index >= 15 is 0 Å². The number of benzene rings is 1. The van der Waals surface area contributed by atoms with Crippen molar-refractivity contribution in [2.75, 3.05) is 38.4 Å². The van der Waals surface area contributed by atoms with E-state index < -0.39 is 0 Å². The molecule has 0 atom stereocenters. The Balaban J connectivity index is 1.94. The molecule has 0 aliphatic carbocycles. The highest BCUT2D eigenvalue weighted by Gasteiger charge is 2.17. The first-order valence-electron chi connectivity index (χ1n) is 7.18. The number of halogens is 1. The highest BCUT2D eigenvalue weighted by Crippen LogP contribution is 2.35. The smallest absolute Gasteiger partial charge is 0.234 e. The van der Waals surface area contributed by atoms with Crippen LogP contribution in [-0.4, -0.2) is 48.2 Å². The SMILES string of the molecule is COc1cc(OC)c(NC(=O)CSC(=S)N2CCCC2)cc1Cl. The lowest BCUT2D eigenvalue weighted by molar-refractivity contribution is -0.113. The number of likely N-dealkylation sites (tertiary alicyclic amines) is 1. The topological polar surface area (TPSA) is 50.8 Å². The van der Waals surface area contributed by atoms with Crippen molar-refractivity contribution in [1.29, 1.82) is 0 Å². The molecule has 5 nitrogen and oxygen atoms in total. The van der Waals surface area contributed by atoms with E-state index in [1.54, 1.807) is 12.1 Å². The van der Waals surface area contributed by atoms with Crippen molar-refractivity contribution in [2.45, 2.75) is 12.8 Å². The van der Waals surface area contributed by atoms with Gasteiger partial charge in [-0.25, -0.2) is 0 Å². The number of nitrogens with zero attached hydrogens (tertiary/aromatic N) is 1. The lowest BCUT2D eigenvalue weighted by Crippen LogP contribution is -2.25. The summed E-state index contributed by atoms with van der Waals surface area (Å²) in [5.41, 5.74) is 0.510. The summed E-state index contributed by atoms with van der Waals surface area (Å²) >= 11 is 12.8. The zero-order chi connectivity index (χ0) is 16.8. The standard InChI is InChI=1S/C15H19ClN2O3S2/c1-20-12-8-13(21-2)11(7-10(12)16)17-14(19)9-23-15(22)18-5-3-4-6-18/h7-8H,3-6,9H2,1-2H3,(H,17,19). The Morgan fingerprint density at radius 2 is 1.96 bits per heavy atom. The molecule has 126 valence electrons. The maximum absolute atomic E-state index is 12.1. The van der Waals surface area contributed by atoms with Gasteiger partial charge in [0.1, 0.15) is 15.8 Å². The van der Waals surface area contributed by atoms with E-state index in [1.807, 2.05) is 0 Å². The number of carbonyl (C=O) groups excluding carboxylic acids is 1. The second-order valence-corrected chi connectivity index (χ2v) is 7.00. The van der Waals surface area contributed by atoms with Gasteiger partial charge in [0, 0.05) is 19.2 Å². The molecule has 0 unspecified atom stereocenters. The van der Waals surface area contributed by atoms with Crippen LogP contribution in [0.4, 0.5) is 5.69 Å². The van der Waals surface area contributed by atoms with E-state index in [1.165, 1.54) is 26.0 Å². The first-order valence-corrected chi connectivity index (χ1v) is 8.95. The fraction of sp³-hybridized carbons (Fsp3) is 0.467. The number of anilines is 1. The fourth-order valence-corrected chi connectivity index (χ4v) is 3.55. The van der Waals surface area contributed by atoms with E-state index in [9.17, 15) is 4.79 Å². The minimum absolute atomic E-state index is 0.156. The normalized spacial score (nSPS) is 13.8. The molecular weight excluding hydrogens is 356 g/mol. The largest absolute Gasteiger partial charge is 0.495 e. The van der Waals surface area contributed by atoms with Gasteiger partial charge in [-0.1, -0.05) is 35.6 Å². The molecule has 23 heavy (non-hydrogen) atoms. The molecule has 1 saturated heterocycles. The summed E-state index contributed by atoms with van der Waals surface area (Å²) in [6.45, 7) is 1.96. The number of hydrogen-bond donors (Lipinski definition) is 1. The average molecular weight is 375 g/mol. The molecule has 2 rings (SSSR count). The van der Waals surface area contributed by atoms with Crippen LogP contribution in [0.1, 0.15) is 12.8 Å². The van der Waals surface area contributed by atoms with E-state index in [0.717, 1.165) is 30.3 Å². The van der Waals surface area contributed by atoms with Crippen molar-refractivity contribution in [3.63, 3.8) is 0 Å². The molecule has 1 aromatic rings. The van der Waals surface area contributed by atoms with E-state index in [4.69, 9.17) is 33.3 Å². The zero-order valence-electron chi connectivity index (χ0n) is 13.1. The van der Waals surface area contributed by atoms with Gasteiger partial charge in [-0.05, 0) is 18.9 Å². The van der Waals surface area contributed by atoms with E-state index in [2.05, 4.69) is 10.2 Å². The Morgan fingerprint density at radius 1 is 1.30 bits per heavy atom. The third kappa shape index (κ3) is 4.89. The molecule has 1 fully saturated rings. The van der Waals surface area contributed by atoms with Gasteiger partial charge in [0.15, 0.2) is 0 Å². The monoisotopic (exact) mass is 374 g/mol. The van der Waals surface area contributed by atoms with Crippen LogP contribution in [0.25, 0.3) is 0 Å². The Bertz CT molecular complexity index is 592. The van der Waals surface area contributed by atoms with Crippen molar-refractivity contribution in [3.8, 4) is 11.5 Å². The summed E-state index contributed by atoms with van der Waals surface area (Å²) in [7, 11) is 3.05. The van der Waals surface area contributed by atoms with Gasteiger partial charge in [0.05, 0.1) is 30.7 Å². The van der Waals surface area contributed by atoms with Gasteiger partial charge in [-0.15, -0.1) is 0 Å². The molecular formula is C15H19ClN2O3S2. The van der Waals surface area contributed by atoms with Crippen LogP contribution in [0, 0.1) is 0 Å². The van der Waals surface area contributed by atoms with Crippen LogP contribution in [0.3, 0.4) is 0 Å². The van der Waals surface area contributed by atoms with Gasteiger partial charge in [-0.2, -0.15) is 0 Å². The summed E-state index contributed by atoms with van der Waals surface area (Å²) in [5, 5.41) is 3.20. The number of hydrogen-bond acceptors (Lipinski definition) is 5. The zero-order valence-corrected chi connectivity index (χ0v) is 15.4. The Labute approximate surface area is 150 Å². The lowest BCUT2D eigenvalue weighted by atomic mass is 10.2. The van der Waals surface area contributed by atoms with Gasteiger partial charge in [-0.3, -0.25) is 4.79 Å². The Morgan fingerprint density at radius 3 is 2.57 bits per heavy atom. The second-order valence-electron chi connectivity index (χ2n) is 4.98. The summed E-state index contributed by atoms with van der Waals surface area (Å²) in [4.78, 5) is 14.3. The van der Waals surface area contributed by atoms with Crippen LogP contribution in [0.2, 0.25) is 5.02 Å². The molecule has 1 aliphatic rings. The van der Waals surface area contributed by atoms with Gasteiger partial charge in [0.2, 0.25) is 5.91 Å². The van der Waals surface area contributed by atoms with Crippen molar-refractivity contribution < 1.29 is 14.3 Å². The van der Waals surface area contributed by atoms with Crippen molar-refractivity contribution >= 4 is 51.5 Å². The predicted molar refractivity (Wildman–Crippen MR) is 99.0 cm³/mol. The van der Waals surface area contributed by atoms with Crippen LogP contribution in [-0.2, 0) is 4.79 Å². The van der Waals surface area contributed by atoms with Crippen molar-refractivity contribution in [1.82, 2.24) is 4.90 Å².